The van der Waals surface area contributed by atoms with E-state index in [1.165, 1.54) is 18.5 Å². The largest absolute Gasteiger partial charge is 0.501 e. The number of amides is 3. The van der Waals surface area contributed by atoms with Crippen LogP contribution in [0.2, 0.25) is 5.02 Å². The van der Waals surface area contributed by atoms with Crippen LogP contribution < -0.4 is 4.90 Å². The van der Waals surface area contributed by atoms with Gasteiger partial charge in [-0.05, 0) is 48.0 Å². The topological polar surface area (TPSA) is 134 Å². The number of hydrogen-bond acceptors (Lipinski definition) is 8. The zero-order chi connectivity index (χ0) is 27.8. The van der Waals surface area contributed by atoms with Gasteiger partial charge in [-0.15, -0.1) is 4.36 Å². The van der Waals surface area contributed by atoms with E-state index in [2.05, 4.69) is 9.35 Å². The van der Waals surface area contributed by atoms with E-state index in [0.717, 1.165) is 17.0 Å². The highest BCUT2D eigenvalue weighted by Gasteiger charge is 2.47. The zero-order valence-corrected chi connectivity index (χ0v) is 21.1. The first kappa shape index (κ1) is 27.2. The van der Waals surface area contributed by atoms with Gasteiger partial charge in [0.15, 0.2) is 6.17 Å². The Bertz CT molecular complexity index is 1650. The second-order valence-corrected chi connectivity index (χ2v) is 10.8. The number of nitrogens with zero attached hydrogens (tertiary/aromatic N) is 4. The molecule has 1 atom stereocenters. The van der Waals surface area contributed by atoms with Gasteiger partial charge in [0.1, 0.15) is 6.54 Å². The summed E-state index contributed by atoms with van der Waals surface area (Å²) in [5.74, 6) is -0.847. The van der Waals surface area contributed by atoms with Crippen LogP contribution in [0.25, 0.3) is 11.1 Å². The molecule has 16 heteroatoms. The molecule has 4 rings (SSSR count). The van der Waals surface area contributed by atoms with Crippen LogP contribution >= 0.6 is 11.6 Å². The Morgan fingerprint density at radius 1 is 1.00 bits per heavy atom. The number of pyridine rings is 1. The number of sulfone groups is 1. The highest BCUT2D eigenvalue weighted by atomic mass is 35.5. The second-order valence-electron chi connectivity index (χ2n) is 7.75. The number of halogens is 4. The zero-order valence-electron chi connectivity index (χ0n) is 18.7. The first-order valence-electron chi connectivity index (χ1n) is 10.4. The van der Waals surface area contributed by atoms with Gasteiger partial charge in [0.05, 0.1) is 10.6 Å². The minimum absolute atomic E-state index is 0.209. The first-order chi connectivity index (χ1) is 17.8. The Balaban J connectivity index is 1.73. The third kappa shape index (κ3) is 5.12. The highest BCUT2D eigenvalue weighted by molar-refractivity contribution is 7.92. The molecule has 0 radical (unpaired) electrons. The number of benzene rings is 2. The van der Waals surface area contributed by atoms with Crippen molar-refractivity contribution in [3.63, 3.8) is 0 Å². The van der Waals surface area contributed by atoms with Gasteiger partial charge >= 0.3 is 22.0 Å². The monoisotopic (exact) mass is 586 g/mol. The third-order valence-corrected chi connectivity index (χ3v) is 7.60. The van der Waals surface area contributed by atoms with E-state index in [-0.39, 0.29) is 11.3 Å². The number of urea groups is 1. The van der Waals surface area contributed by atoms with E-state index in [4.69, 9.17) is 11.6 Å². The van der Waals surface area contributed by atoms with E-state index in [1.807, 2.05) is 0 Å². The summed E-state index contributed by atoms with van der Waals surface area (Å²) in [5, 5.41) is 0.436. The summed E-state index contributed by atoms with van der Waals surface area (Å²) < 4.78 is 88.6. The number of rotatable bonds is 6. The van der Waals surface area contributed by atoms with Crippen molar-refractivity contribution < 1.29 is 39.6 Å². The maximum Gasteiger partial charge on any atom is 0.501 e. The number of aromatic nitrogens is 1. The molecule has 1 unspecified atom stereocenters. The number of anilines is 1. The van der Waals surface area contributed by atoms with Crippen LogP contribution in [0.5, 0.6) is 0 Å². The minimum atomic E-state index is -5.65. The lowest BCUT2D eigenvalue weighted by atomic mass is 10.00. The molecule has 1 aliphatic heterocycles. The summed E-state index contributed by atoms with van der Waals surface area (Å²) in [4.78, 5) is 30.5. The van der Waals surface area contributed by atoms with E-state index in [9.17, 15) is 39.6 Å². The van der Waals surface area contributed by atoms with Crippen molar-refractivity contribution in [1.29, 1.82) is 0 Å². The summed E-state index contributed by atoms with van der Waals surface area (Å²) in [5.41, 5.74) is -4.60. The Morgan fingerprint density at radius 2 is 1.63 bits per heavy atom. The summed E-state index contributed by atoms with van der Waals surface area (Å²) in [7, 11) is -8.68. The average molecular weight is 587 g/mol. The smallest absolute Gasteiger partial charge is 0.287 e. The van der Waals surface area contributed by atoms with Crippen LogP contribution in [-0.4, -0.2) is 50.7 Å². The molecule has 198 valence electrons. The first-order valence-corrected chi connectivity index (χ1v) is 13.3. The molecule has 2 aromatic carbocycles. The molecular weight excluding hydrogens is 573 g/mol. The lowest BCUT2D eigenvalue weighted by molar-refractivity contribution is -0.116. The van der Waals surface area contributed by atoms with Crippen LogP contribution in [-0.2, 0) is 25.1 Å². The van der Waals surface area contributed by atoms with Crippen LogP contribution in [0.15, 0.2) is 76.2 Å². The number of alkyl halides is 3. The maximum atomic E-state index is 13.3. The molecule has 1 saturated heterocycles. The van der Waals surface area contributed by atoms with Crippen molar-refractivity contribution in [2.75, 3.05) is 11.4 Å². The minimum Gasteiger partial charge on any atom is -0.287 e. The molecule has 0 N–H and O–H groups in total. The molecule has 1 aromatic heterocycles. The van der Waals surface area contributed by atoms with E-state index in [1.54, 1.807) is 24.3 Å². The van der Waals surface area contributed by atoms with Gasteiger partial charge in [-0.2, -0.15) is 21.6 Å². The maximum absolute atomic E-state index is 13.3. The fraction of sp³-hybridized carbons (Fsp3) is 0.136. The summed E-state index contributed by atoms with van der Waals surface area (Å²) in [6.07, 6.45) is 1.24. The predicted octanol–water partition coefficient (Wildman–Crippen LogP) is 4.23. The molecule has 1 fully saturated rings. The van der Waals surface area contributed by atoms with Gasteiger partial charge in [0, 0.05) is 28.5 Å². The number of hydrogen-bond donors (Lipinski definition) is 0. The molecule has 38 heavy (non-hydrogen) atoms. The lowest BCUT2D eigenvalue weighted by Gasteiger charge is -2.24. The molecule has 3 amide bonds. The van der Waals surface area contributed by atoms with Gasteiger partial charge in [-0.1, -0.05) is 23.7 Å². The number of imide groups is 1. The quantitative estimate of drug-likeness (QED) is 0.395. The van der Waals surface area contributed by atoms with Crippen LogP contribution in [0, 0.1) is 0 Å². The van der Waals surface area contributed by atoms with Crippen molar-refractivity contribution in [2.24, 2.45) is 4.36 Å². The molecule has 3 aromatic rings. The van der Waals surface area contributed by atoms with Gasteiger partial charge in [0.25, 0.3) is 15.7 Å². The van der Waals surface area contributed by atoms with E-state index in [0.29, 0.717) is 33.2 Å². The van der Waals surface area contributed by atoms with E-state index < -0.39 is 55.4 Å². The third-order valence-electron chi connectivity index (χ3n) is 5.47. The molecular formula is C22H14ClF3N4O6S2. The van der Waals surface area contributed by atoms with Crippen molar-refractivity contribution in [2.45, 2.75) is 16.6 Å². The van der Waals surface area contributed by atoms with Gasteiger partial charge in [0.2, 0.25) is 0 Å². The lowest BCUT2D eigenvalue weighted by Crippen LogP contribution is -2.35. The Hall–Kier alpha value is -3.82. The predicted molar refractivity (Wildman–Crippen MR) is 128 cm³/mol. The second kappa shape index (κ2) is 10.2. The highest BCUT2D eigenvalue weighted by Crippen LogP contribution is 2.36. The summed E-state index contributed by atoms with van der Waals surface area (Å²) in [6, 6.07) is 9.77. The SMILES string of the molecule is O=C1CN(C(N=S(=O)=O)c2ccncc2-c2ccc(Cl)cc2)C(=O)N1c1ccc(S(=O)(=O)C(F)(F)F)cc1. The normalized spacial score (nSPS) is 15.1. The molecule has 0 spiro atoms. The molecule has 1 aliphatic rings. The Kier molecular flexibility index (Phi) is 7.27. The molecule has 2 heterocycles. The van der Waals surface area contributed by atoms with Crippen molar-refractivity contribution >= 4 is 49.6 Å². The summed E-state index contributed by atoms with van der Waals surface area (Å²) >= 11 is 5.94. The summed E-state index contributed by atoms with van der Waals surface area (Å²) in [6.45, 7) is -0.630. The van der Waals surface area contributed by atoms with E-state index >= 15 is 0 Å². The molecule has 0 bridgehead atoms. The fourth-order valence-corrected chi connectivity index (χ4v) is 5.01. The van der Waals surface area contributed by atoms with Crippen molar-refractivity contribution in [1.82, 2.24) is 9.88 Å². The molecule has 0 saturated carbocycles. The van der Waals surface area contributed by atoms with Crippen LogP contribution in [0.3, 0.4) is 0 Å². The Morgan fingerprint density at radius 3 is 2.21 bits per heavy atom. The van der Waals surface area contributed by atoms with Crippen molar-refractivity contribution in [3.8, 4) is 11.1 Å². The standard InChI is InChI=1S/C22H14ClF3N4O6S2/c23-14-3-1-13(2-4-14)18-11-27-10-9-17(18)20(28-37(33)34)29-12-19(31)30(21(29)32)15-5-7-16(8-6-15)38(35,36)22(24,25)26/h1-11,20H,12H2. The van der Waals surface area contributed by atoms with Gasteiger partial charge in [-0.3, -0.25) is 14.7 Å². The number of carbonyl (C=O) groups is 2. The molecule has 10 nitrogen and oxygen atoms in total. The van der Waals surface area contributed by atoms with Gasteiger partial charge in [-0.25, -0.2) is 18.1 Å². The van der Waals surface area contributed by atoms with Gasteiger partial charge < -0.3 is 0 Å². The number of carbonyl (C=O) groups excluding carboxylic acids is 2. The fourth-order valence-electron chi connectivity index (χ4n) is 3.74. The Labute approximate surface area is 219 Å². The van der Waals surface area contributed by atoms with Crippen LogP contribution in [0.1, 0.15) is 11.7 Å². The average Bonchev–Trinajstić information content (AvgIpc) is 3.15. The van der Waals surface area contributed by atoms with Crippen LogP contribution in [0.4, 0.5) is 23.7 Å². The molecule has 0 aliphatic carbocycles. The van der Waals surface area contributed by atoms with Crippen molar-refractivity contribution in [3.05, 3.63) is 77.6 Å².